The van der Waals surface area contributed by atoms with Crippen LogP contribution in [0.3, 0.4) is 0 Å². The Morgan fingerprint density at radius 3 is 2.57 bits per heavy atom. The Bertz CT molecular complexity index is 283. The van der Waals surface area contributed by atoms with Crippen LogP contribution < -0.4 is 5.32 Å². The highest BCUT2D eigenvalue weighted by molar-refractivity contribution is 5.44. The molecule has 0 heterocycles. The van der Waals surface area contributed by atoms with Crippen LogP contribution in [-0.2, 0) is 0 Å². The lowest BCUT2D eigenvalue weighted by Gasteiger charge is -2.21. The molecule has 0 saturated heterocycles. The Kier molecular flexibility index (Phi) is 3.93. The Balaban J connectivity index is 2.67. The van der Waals surface area contributed by atoms with Gasteiger partial charge in [0.05, 0.1) is 0 Å². The molecule has 0 amide bonds. The average molecular weight is 195 g/mol. The summed E-state index contributed by atoms with van der Waals surface area (Å²) in [7, 11) is 0. The van der Waals surface area contributed by atoms with Crippen molar-refractivity contribution in [1.29, 1.82) is 0 Å². The lowest BCUT2D eigenvalue weighted by molar-refractivity contribution is 0.511. The molecule has 14 heavy (non-hydrogen) atoms. The molecule has 1 aromatic carbocycles. The summed E-state index contributed by atoms with van der Waals surface area (Å²) in [5, 5.41) is 3.33. The lowest BCUT2D eigenvalue weighted by Crippen LogP contribution is -2.24. The van der Waals surface area contributed by atoms with Crippen molar-refractivity contribution in [3.8, 4) is 0 Å². The molecule has 1 unspecified atom stereocenters. The monoisotopic (exact) mass is 195 g/mol. The van der Waals surface area contributed by atoms with Crippen molar-refractivity contribution in [1.82, 2.24) is 0 Å². The van der Waals surface area contributed by atoms with Crippen LogP contribution in [0.15, 0.2) is 24.3 Å². The van der Waals surface area contributed by atoms with E-state index in [0.29, 0.717) is 12.0 Å². The number of halogens is 1. The second kappa shape index (κ2) is 4.99. The third kappa shape index (κ3) is 3.02. The Labute approximate surface area is 85.3 Å². The normalized spacial score (nSPS) is 12.9. The largest absolute Gasteiger partial charge is 0.382 e. The zero-order valence-corrected chi connectivity index (χ0v) is 9.05. The quantitative estimate of drug-likeness (QED) is 0.773. The number of hydrogen-bond acceptors (Lipinski definition) is 1. The standard InChI is InChI=1S/C12H18FN/c1-4-12(9(2)3)14-11-7-5-6-10(13)8-11/h5-9,12,14H,4H2,1-3H3. The minimum Gasteiger partial charge on any atom is -0.382 e. The Morgan fingerprint density at radius 1 is 1.36 bits per heavy atom. The van der Waals surface area contributed by atoms with Gasteiger partial charge in [0, 0.05) is 11.7 Å². The van der Waals surface area contributed by atoms with E-state index >= 15 is 0 Å². The van der Waals surface area contributed by atoms with Crippen molar-refractivity contribution < 1.29 is 4.39 Å². The summed E-state index contributed by atoms with van der Waals surface area (Å²) in [5.74, 6) is 0.372. The molecule has 0 aliphatic carbocycles. The van der Waals surface area contributed by atoms with Gasteiger partial charge in [-0.15, -0.1) is 0 Å². The van der Waals surface area contributed by atoms with Crippen LogP contribution in [0.2, 0.25) is 0 Å². The van der Waals surface area contributed by atoms with E-state index in [1.807, 2.05) is 6.07 Å². The highest BCUT2D eigenvalue weighted by Gasteiger charge is 2.10. The molecule has 0 aliphatic rings. The van der Waals surface area contributed by atoms with Gasteiger partial charge in [-0.2, -0.15) is 0 Å². The third-order valence-corrected chi connectivity index (χ3v) is 2.42. The first-order valence-electron chi connectivity index (χ1n) is 5.15. The van der Waals surface area contributed by atoms with Crippen LogP contribution in [0, 0.1) is 11.7 Å². The summed E-state index contributed by atoms with van der Waals surface area (Å²) in [6, 6.07) is 7.03. The summed E-state index contributed by atoms with van der Waals surface area (Å²) in [4.78, 5) is 0. The number of hydrogen-bond donors (Lipinski definition) is 1. The van der Waals surface area contributed by atoms with Gasteiger partial charge in [-0.05, 0) is 30.5 Å². The van der Waals surface area contributed by atoms with Crippen molar-refractivity contribution in [3.63, 3.8) is 0 Å². The number of anilines is 1. The zero-order chi connectivity index (χ0) is 10.6. The average Bonchev–Trinajstić information content (AvgIpc) is 2.14. The topological polar surface area (TPSA) is 12.0 Å². The van der Waals surface area contributed by atoms with Gasteiger partial charge in [0.25, 0.3) is 0 Å². The van der Waals surface area contributed by atoms with Gasteiger partial charge in [0.15, 0.2) is 0 Å². The minimum absolute atomic E-state index is 0.186. The van der Waals surface area contributed by atoms with Crippen LogP contribution in [0.1, 0.15) is 27.2 Å². The van der Waals surface area contributed by atoms with E-state index < -0.39 is 0 Å². The van der Waals surface area contributed by atoms with Crippen LogP contribution >= 0.6 is 0 Å². The Hall–Kier alpha value is -1.05. The molecule has 0 bridgehead atoms. The summed E-state index contributed by atoms with van der Waals surface area (Å²) >= 11 is 0. The fourth-order valence-corrected chi connectivity index (χ4v) is 1.53. The van der Waals surface area contributed by atoms with Gasteiger partial charge in [-0.25, -0.2) is 4.39 Å². The molecule has 0 saturated carbocycles. The second-order valence-electron chi connectivity index (χ2n) is 3.91. The first-order chi connectivity index (χ1) is 6.63. The third-order valence-electron chi connectivity index (χ3n) is 2.42. The molecular weight excluding hydrogens is 177 g/mol. The summed E-state index contributed by atoms with van der Waals surface area (Å²) in [5.41, 5.74) is 0.866. The molecule has 0 aromatic heterocycles. The van der Waals surface area contributed by atoms with Gasteiger partial charge in [0.1, 0.15) is 5.82 Å². The van der Waals surface area contributed by atoms with Crippen molar-refractivity contribution in [2.24, 2.45) is 5.92 Å². The van der Waals surface area contributed by atoms with Gasteiger partial charge in [0.2, 0.25) is 0 Å². The molecule has 0 aliphatic heterocycles. The van der Waals surface area contributed by atoms with E-state index in [1.165, 1.54) is 12.1 Å². The van der Waals surface area contributed by atoms with Crippen LogP contribution in [-0.4, -0.2) is 6.04 Å². The maximum absolute atomic E-state index is 12.9. The predicted octanol–water partition coefficient (Wildman–Crippen LogP) is 3.67. The highest BCUT2D eigenvalue weighted by atomic mass is 19.1. The van der Waals surface area contributed by atoms with Crippen molar-refractivity contribution in [3.05, 3.63) is 30.1 Å². The smallest absolute Gasteiger partial charge is 0.125 e. The molecule has 1 rings (SSSR count). The fourth-order valence-electron chi connectivity index (χ4n) is 1.53. The molecule has 1 N–H and O–H groups in total. The van der Waals surface area contributed by atoms with E-state index in [0.717, 1.165) is 12.1 Å². The van der Waals surface area contributed by atoms with Crippen LogP contribution in [0.5, 0.6) is 0 Å². The maximum Gasteiger partial charge on any atom is 0.125 e. The highest BCUT2D eigenvalue weighted by Crippen LogP contribution is 2.15. The lowest BCUT2D eigenvalue weighted by atomic mass is 10.0. The molecule has 0 spiro atoms. The molecule has 78 valence electrons. The number of benzene rings is 1. The molecular formula is C12H18FN. The van der Waals surface area contributed by atoms with E-state index in [2.05, 4.69) is 26.1 Å². The SMILES string of the molecule is CCC(Nc1cccc(F)c1)C(C)C. The van der Waals surface area contributed by atoms with Crippen LogP contribution in [0.25, 0.3) is 0 Å². The van der Waals surface area contributed by atoms with Gasteiger partial charge in [-0.3, -0.25) is 0 Å². The fraction of sp³-hybridized carbons (Fsp3) is 0.500. The van der Waals surface area contributed by atoms with Crippen molar-refractivity contribution in [2.45, 2.75) is 33.2 Å². The van der Waals surface area contributed by atoms with E-state index in [4.69, 9.17) is 0 Å². The molecule has 1 nitrogen and oxygen atoms in total. The van der Waals surface area contributed by atoms with Gasteiger partial charge >= 0.3 is 0 Å². The summed E-state index contributed by atoms with van der Waals surface area (Å²) in [6.45, 7) is 6.47. The maximum atomic E-state index is 12.9. The van der Waals surface area contributed by atoms with Gasteiger partial charge < -0.3 is 5.32 Å². The first kappa shape index (κ1) is 11.0. The number of rotatable bonds is 4. The summed E-state index contributed by atoms with van der Waals surface area (Å²) < 4.78 is 12.9. The minimum atomic E-state index is -0.186. The van der Waals surface area contributed by atoms with Crippen LogP contribution in [0.4, 0.5) is 10.1 Å². The van der Waals surface area contributed by atoms with Crippen molar-refractivity contribution >= 4 is 5.69 Å². The molecule has 2 heteroatoms. The van der Waals surface area contributed by atoms with Gasteiger partial charge in [-0.1, -0.05) is 26.8 Å². The van der Waals surface area contributed by atoms with E-state index in [9.17, 15) is 4.39 Å². The second-order valence-corrected chi connectivity index (χ2v) is 3.91. The molecule has 0 fully saturated rings. The molecule has 1 atom stereocenters. The summed E-state index contributed by atoms with van der Waals surface area (Å²) in [6.07, 6.45) is 1.05. The molecule has 1 aromatic rings. The van der Waals surface area contributed by atoms with Crippen molar-refractivity contribution in [2.75, 3.05) is 5.32 Å². The molecule has 0 radical (unpaired) electrons. The predicted molar refractivity (Wildman–Crippen MR) is 58.9 cm³/mol. The first-order valence-corrected chi connectivity index (χ1v) is 5.15. The Morgan fingerprint density at radius 2 is 2.07 bits per heavy atom. The van der Waals surface area contributed by atoms with E-state index in [-0.39, 0.29) is 5.82 Å². The zero-order valence-electron chi connectivity index (χ0n) is 9.05. The van der Waals surface area contributed by atoms with E-state index in [1.54, 1.807) is 6.07 Å². The number of nitrogens with one attached hydrogen (secondary N) is 1.